The standard InChI is InChI=1S/C30H12F2N4/c1-35-28-14-25-22(13-23(28)19-8-4-6-10-27(19)32)21-12-20(18-7-3-5-9-26(18)31)17(15-33)11-24(21)30(25)29(16-34)36-2/h3-14H/b30-29-. The minimum absolute atomic E-state index is 0.154. The van der Waals surface area contributed by atoms with E-state index in [-0.39, 0.29) is 28.1 Å². The summed E-state index contributed by atoms with van der Waals surface area (Å²) in [6.45, 7) is 15.2. The van der Waals surface area contributed by atoms with Crippen molar-refractivity contribution in [3.8, 4) is 45.5 Å². The fourth-order valence-electron chi connectivity index (χ4n) is 4.57. The van der Waals surface area contributed by atoms with E-state index < -0.39 is 11.6 Å². The van der Waals surface area contributed by atoms with E-state index in [0.717, 1.165) is 0 Å². The second-order valence-corrected chi connectivity index (χ2v) is 7.99. The van der Waals surface area contributed by atoms with Gasteiger partial charge in [0.25, 0.3) is 5.70 Å². The van der Waals surface area contributed by atoms with Gasteiger partial charge in [-0.05, 0) is 58.1 Å². The molecular formula is C30H12F2N4. The molecule has 166 valence electrons. The van der Waals surface area contributed by atoms with Crippen molar-refractivity contribution in [2.75, 3.05) is 0 Å². The first-order chi connectivity index (χ1) is 17.5. The molecule has 6 heteroatoms. The average molecular weight is 466 g/mol. The van der Waals surface area contributed by atoms with Gasteiger partial charge in [-0.1, -0.05) is 42.5 Å². The van der Waals surface area contributed by atoms with Crippen molar-refractivity contribution < 1.29 is 8.78 Å². The van der Waals surface area contributed by atoms with Gasteiger partial charge >= 0.3 is 0 Å². The molecule has 0 N–H and O–H groups in total. The van der Waals surface area contributed by atoms with Crippen LogP contribution in [-0.2, 0) is 0 Å². The topological polar surface area (TPSA) is 56.3 Å². The van der Waals surface area contributed by atoms with Crippen molar-refractivity contribution in [2.24, 2.45) is 0 Å². The van der Waals surface area contributed by atoms with Gasteiger partial charge in [0, 0.05) is 22.3 Å². The molecule has 1 aliphatic rings. The van der Waals surface area contributed by atoms with E-state index in [9.17, 15) is 19.3 Å². The smallest absolute Gasteiger partial charge is 0.237 e. The summed E-state index contributed by atoms with van der Waals surface area (Å²) in [5.74, 6) is -1.00. The average Bonchev–Trinajstić information content (AvgIpc) is 3.21. The number of hydrogen-bond acceptors (Lipinski definition) is 2. The summed E-state index contributed by atoms with van der Waals surface area (Å²) >= 11 is 0. The molecule has 0 bridgehead atoms. The number of benzene rings is 4. The van der Waals surface area contributed by atoms with Crippen molar-refractivity contribution >= 4 is 11.3 Å². The Labute approximate surface area is 205 Å². The quantitative estimate of drug-likeness (QED) is 0.196. The maximum atomic E-state index is 14.7. The molecule has 0 spiro atoms. The minimum atomic E-state index is -0.503. The summed E-state index contributed by atoms with van der Waals surface area (Å²) in [4.78, 5) is 6.96. The van der Waals surface area contributed by atoms with Crippen LogP contribution in [0.1, 0.15) is 16.7 Å². The molecule has 0 amide bonds. The Hall–Kier alpha value is -5.56. The third kappa shape index (κ3) is 3.31. The molecule has 36 heavy (non-hydrogen) atoms. The van der Waals surface area contributed by atoms with E-state index in [2.05, 4.69) is 15.8 Å². The maximum Gasteiger partial charge on any atom is 0.270 e. The largest absolute Gasteiger partial charge is 0.270 e. The van der Waals surface area contributed by atoms with E-state index in [1.807, 2.05) is 6.07 Å². The van der Waals surface area contributed by atoms with Gasteiger partial charge in [0.1, 0.15) is 11.6 Å². The summed E-state index contributed by atoms with van der Waals surface area (Å²) in [7, 11) is 0. The molecule has 0 heterocycles. The molecule has 5 rings (SSSR count). The molecule has 0 saturated heterocycles. The molecule has 0 aromatic heterocycles. The molecule has 0 saturated carbocycles. The lowest BCUT2D eigenvalue weighted by Gasteiger charge is -2.11. The summed E-state index contributed by atoms with van der Waals surface area (Å²) in [5.41, 5.74) is 3.61. The Kier molecular flexibility index (Phi) is 5.35. The lowest BCUT2D eigenvalue weighted by molar-refractivity contribution is 0.631. The highest BCUT2D eigenvalue weighted by molar-refractivity contribution is 6.07. The van der Waals surface area contributed by atoms with E-state index in [1.165, 1.54) is 24.3 Å². The highest BCUT2D eigenvalue weighted by atomic mass is 19.1. The van der Waals surface area contributed by atoms with E-state index in [4.69, 9.17) is 13.1 Å². The van der Waals surface area contributed by atoms with Gasteiger partial charge in [-0.15, -0.1) is 0 Å². The van der Waals surface area contributed by atoms with Gasteiger partial charge < -0.3 is 0 Å². The highest BCUT2D eigenvalue weighted by Gasteiger charge is 2.30. The summed E-state index contributed by atoms with van der Waals surface area (Å²) in [5, 5.41) is 19.6. The zero-order valence-corrected chi connectivity index (χ0v) is 18.5. The SMILES string of the molecule is [C-]#[N+]/C(C#N)=C1/c2cc(C#N)c(-c3ccccc3F)cc2-c2cc(-c3ccccc3F)c([N+]#[C-])cc21. The van der Waals surface area contributed by atoms with Crippen LogP contribution in [-0.4, -0.2) is 0 Å². The van der Waals surface area contributed by atoms with Crippen molar-refractivity contribution in [1.29, 1.82) is 10.5 Å². The Morgan fingerprint density at radius 1 is 0.667 bits per heavy atom. The van der Waals surface area contributed by atoms with Crippen LogP contribution in [0, 0.1) is 47.4 Å². The third-order valence-corrected chi connectivity index (χ3v) is 6.15. The number of hydrogen-bond donors (Lipinski definition) is 0. The third-order valence-electron chi connectivity index (χ3n) is 6.15. The van der Waals surface area contributed by atoms with Crippen LogP contribution in [0.5, 0.6) is 0 Å². The highest BCUT2D eigenvalue weighted by Crippen LogP contribution is 2.51. The van der Waals surface area contributed by atoms with Crippen LogP contribution < -0.4 is 0 Å². The predicted octanol–water partition coefficient (Wildman–Crippen LogP) is 7.90. The van der Waals surface area contributed by atoms with Gasteiger partial charge in [0.05, 0.1) is 30.8 Å². The number of fused-ring (bicyclic) bond motifs is 3. The molecule has 0 radical (unpaired) electrons. The van der Waals surface area contributed by atoms with Gasteiger partial charge in [0.2, 0.25) is 0 Å². The van der Waals surface area contributed by atoms with Crippen molar-refractivity contribution in [1.82, 2.24) is 0 Å². The van der Waals surface area contributed by atoms with Crippen molar-refractivity contribution in [3.05, 3.63) is 130 Å². The summed E-state index contributed by atoms with van der Waals surface area (Å²) in [6, 6.07) is 22.6. The maximum absolute atomic E-state index is 14.7. The zero-order chi connectivity index (χ0) is 25.4. The molecule has 4 aromatic rings. The lowest BCUT2D eigenvalue weighted by Crippen LogP contribution is -1.92. The molecular weight excluding hydrogens is 454 g/mol. The van der Waals surface area contributed by atoms with E-state index in [1.54, 1.807) is 48.5 Å². The first-order valence-electron chi connectivity index (χ1n) is 10.7. The molecule has 0 fully saturated rings. The van der Waals surface area contributed by atoms with Crippen LogP contribution in [0.15, 0.2) is 78.5 Å². The molecule has 4 nitrogen and oxygen atoms in total. The second kappa shape index (κ2) is 8.66. The number of allylic oxidation sites excluding steroid dienone is 1. The lowest BCUT2D eigenvalue weighted by atomic mass is 9.92. The second-order valence-electron chi connectivity index (χ2n) is 7.99. The normalized spacial score (nSPS) is 12.4. The van der Waals surface area contributed by atoms with Crippen molar-refractivity contribution in [2.45, 2.75) is 0 Å². The predicted molar refractivity (Wildman–Crippen MR) is 132 cm³/mol. The van der Waals surface area contributed by atoms with Crippen LogP contribution in [0.4, 0.5) is 14.5 Å². The van der Waals surface area contributed by atoms with Crippen LogP contribution in [0.2, 0.25) is 0 Å². The molecule has 0 atom stereocenters. The summed E-state index contributed by atoms with van der Waals surface area (Å²) in [6.07, 6.45) is 0. The van der Waals surface area contributed by atoms with Crippen LogP contribution >= 0.6 is 0 Å². The van der Waals surface area contributed by atoms with Gasteiger partial charge in [0.15, 0.2) is 5.69 Å². The van der Waals surface area contributed by atoms with Crippen LogP contribution in [0.25, 0.3) is 48.6 Å². The zero-order valence-electron chi connectivity index (χ0n) is 18.5. The number of rotatable bonds is 2. The Bertz CT molecular complexity index is 1670. The minimum Gasteiger partial charge on any atom is -0.237 e. The molecule has 1 aliphatic carbocycles. The molecule has 0 unspecified atom stereocenters. The number of nitriles is 2. The Morgan fingerprint density at radius 2 is 1.22 bits per heavy atom. The number of nitrogens with zero attached hydrogens (tertiary/aromatic N) is 4. The van der Waals surface area contributed by atoms with E-state index >= 15 is 0 Å². The fourth-order valence-corrected chi connectivity index (χ4v) is 4.57. The van der Waals surface area contributed by atoms with E-state index in [0.29, 0.717) is 39.0 Å². The Morgan fingerprint density at radius 3 is 1.75 bits per heavy atom. The monoisotopic (exact) mass is 466 g/mol. The summed E-state index contributed by atoms with van der Waals surface area (Å²) < 4.78 is 29.4. The first-order valence-corrected chi connectivity index (χ1v) is 10.7. The fraction of sp³-hybridized carbons (Fsp3) is 0. The molecule has 4 aromatic carbocycles. The van der Waals surface area contributed by atoms with Crippen molar-refractivity contribution in [3.63, 3.8) is 0 Å². The number of halogens is 2. The van der Waals surface area contributed by atoms with Crippen LogP contribution in [0.3, 0.4) is 0 Å². The van der Waals surface area contributed by atoms with Gasteiger partial charge in [-0.2, -0.15) is 5.26 Å². The Balaban J connectivity index is 1.91. The first kappa shape index (κ1) is 22.2. The molecule has 0 aliphatic heterocycles. The van der Waals surface area contributed by atoms with Gasteiger partial charge in [-0.25, -0.2) is 23.7 Å². The van der Waals surface area contributed by atoms with Gasteiger partial charge in [-0.3, -0.25) is 0 Å².